The van der Waals surface area contributed by atoms with Gasteiger partial charge in [0, 0.05) is 12.6 Å². The maximum absolute atomic E-state index is 13.2. The van der Waals surface area contributed by atoms with E-state index in [9.17, 15) is 13.2 Å². The van der Waals surface area contributed by atoms with Crippen LogP contribution in [0.4, 0.5) is 0 Å². The Hall–Kier alpha value is -2.74. The summed E-state index contributed by atoms with van der Waals surface area (Å²) < 4.78 is 25.5. The Balaban J connectivity index is 1.82. The van der Waals surface area contributed by atoms with Crippen LogP contribution in [0.15, 0.2) is 36.4 Å². The lowest BCUT2D eigenvalue weighted by atomic mass is 9.99. The molecule has 1 atom stereocenters. The highest BCUT2D eigenvalue weighted by atomic mass is 32.2. The normalized spacial score (nSPS) is 21.1. The van der Waals surface area contributed by atoms with Crippen LogP contribution in [0.3, 0.4) is 0 Å². The van der Waals surface area contributed by atoms with Gasteiger partial charge in [0.2, 0.25) is 0 Å². The van der Waals surface area contributed by atoms with E-state index >= 15 is 0 Å². The Bertz CT molecular complexity index is 1190. The molecule has 3 aromatic rings. The van der Waals surface area contributed by atoms with Crippen molar-refractivity contribution >= 4 is 26.8 Å². The van der Waals surface area contributed by atoms with Gasteiger partial charge in [0.1, 0.15) is 0 Å². The van der Waals surface area contributed by atoms with Crippen LogP contribution in [0.2, 0.25) is 0 Å². The first-order valence-corrected chi connectivity index (χ1v) is 10.9. The molecule has 3 heterocycles. The number of hydrogen-bond acceptors (Lipinski definition) is 5. The summed E-state index contributed by atoms with van der Waals surface area (Å²) in [6, 6.07) is 11.4. The SMILES string of the molecule is Cc1nn(C)c2nc(-c3ccccc3)cc(C(=O)NC3(C)CCS(=O)(=O)C3)c12. The number of aromatic nitrogens is 3. The number of pyridine rings is 1. The second kappa shape index (κ2) is 6.41. The molecule has 28 heavy (non-hydrogen) atoms. The molecule has 0 aliphatic carbocycles. The van der Waals surface area contributed by atoms with Gasteiger partial charge in [0.15, 0.2) is 15.5 Å². The molecule has 7 nitrogen and oxygen atoms in total. The van der Waals surface area contributed by atoms with Crippen LogP contribution >= 0.6 is 0 Å². The molecule has 0 bridgehead atoms. The molecule has 0 saturated carbocycles. The van der Waals surface area contributed by atoms with Gasteiger partial charge < -0.3 is 5.32 Å². The highest BCUT2D eigenvalue weighted by Gasteiger charge is 2.40. The van der Waals surface area contributed by atoms with E-state index < -0.39 is 15.4 Å². The van der Waals surface area contributed by atoms with Gasteiger partial charge in [-0.15, -0.1) is 0 Å². The van der Waals surface area contributed by atoms with Gasteiger partial charge in [-0.25, -0.2) is 13.4 Å². The molecule has 1 unspecified atom stereocenters. The molecule has 146 valence electrons. The Morgan fingerprint density at radius 1 is 1.25 bits per heavy atom. The number of amides is 1. The van der Waals surface area contributed by atoms with Crippen LogP contribution in [0.5, 0.6) is 0 Å². The number of aryl methyl sites for hydroxylation is 2. The molecule has 1 amide bonds. The fraction of sp³-hybridized carbons (Fsp3) is 0.350. The van der Waals surface area contributed by atoms with E-state index in [2.05, 4.69) is 10.4 Å². The summed E-state index contributed by atoms with van der Waals surface area (Å²) in [5, 5.41) is 8.05. The molecule has 1 saturated heterocycles. The molecule has 8 heteroatoms. The predicted molar refractivity (Wildman–Crippen MR) is 108 cm³/mol. The smallest absolute Gasteiger partial charge is 0.252 e. The molecule has 2 aromatic heterocycles. The lowest BCUT2D eigenvalue weighted by molar-refractivity contribution is 0.0917. The maximum Gasteiger partial charge on any atom is 0.252 e. The summed E-state index contributed by atoms with van der Waals surface area (Å²) in [5.74, 6) is -0.255. The van der Waals surface area contributed by atoms with Gasteiger partial charge in [-0.1, -0.05) is 30.3 Å². The number of nitrogens with one attached hydrogen (secondary N) is 1. The van der Waals surface area contributed by atoms with Gasteiger partial charge in [-0.05, 0) is 26.3 Å². The van der Waals surface area contributed by atoms with Crippen LogP contribution in [-0.4, -0.2) is 46.1 Å². The second-order valence-electron chi connectivity index (χ2n) is 7.69. The monoisotopic (exact) mass is 398 g/mol. The average molecular weight is 398 g/mol. The first-order chi connectivity index (χ1) is 13.2. The first kappa shape index (κ1) is 18.6. The van der Waals surface area contributed by atoms with E-state index in [0.717, 1.165) is 5.56 Å². The zero-order chi connectivity index (χ0) is 20.1. The third-order valence-corrected chi connectivity index (χ3v) is 7.10. The summed E-state index contributed by atoms with van der Waals surface area (Å²) in [6.45, 7) is 3.62. The number of carbonyl (C=O) groups is 1. The van der Waals surface area contributed by atoms with Gasteiger partial charge >= 0.3 is 0 Å². The minimum Gasteiger partial charge on any atom is -0.346 e. The molecule has 1 aromatic carbocycles. The molecule has 1 fully saturated rings. The molecule has 0 radical (unpaired) electrons. The summed E-state index contributed by atoms with van der Waals surface area (Å²) in [5.41, 5.74) is 2.58. The van der Waals surface area contributed by atoms with Crippen LogP contribution in [0.1, 0.15) is 29.4 Å². The summed E-state index contributed by atoms with van der Waals surface area (Å²) in [4.78, 5) is 17.9. The van der Waals surface area contributed by atoms with Gasteiger partial charge in [-0.2, -0.15) is 5.10 Å². The molecule has 1 aliphatic heterocycles. The lowest BCUT2D eigenvalue weighted by Crippen LogP contribution is -2.47. The first-order valence-electron chi connectivity index (χ1n) is 9.10. The molecule has 1 N–H and O–H groups in total. The summed E-state index contributed by atoms with van der Waals surface area (Å²) in [6.07, 6.45) is 0.410. The molecule has 0 spiro atoms. The quantitative estimate of drug-likeness (QED) is 0.730. The summed E-state index contributed by atoms with van der Waals surface area (Å²) >= 11 is 0. The van der Waals surface area contributed by atoms with Crippen molar-refractivity contribution in [3.8, 4) is 11.3 Å². The number of nitrogens with zero attached hydrogens (tertiary/aromatic N) is 3. The van der Waals surface area contributed by atoms with Gasteiger partial charge in [0.05, 0.1) is 39.4 Å². The summed E-state index contributed by atoms with van der Waals surface area (Å²) in [7, 11) is -1.33. The predicted octanol–water partition coefficient (Wildman–Crippen LogP) is 2.25. The number of fused-ring (bicyclic) bond motifs is 1. The second-order valence-corrected chi connectivity index (χ2v) is 9.87. The van der Waals surface area contributed by atoms with Crippen LogP contribution in [0, 0.1) is 6.92 Å². The molecular weight excluding hydrogens is 376 g/mol. The molecule has 1 aliphatic rings. The van der Waals surface area contributed by atoms with Crippen LogP contribution in [0.25, 0.3) is 22.3 Å². The Morgan fingerprint density at radius 2 is 1.96 bits per heavy atom. The Labute approximate surface area is 163 Å². The number of sulfone groups is 1. The van der Waals surface area contributed by atoms with Crippen molar-refractivity contribution in [2.45, 2.75) is 25.8 Å². The van der Waals surface area contributed by atoms with Crippen molar-refractivity contribution in [2.24, 2.45) is 7.05 Å². The number of rotatable bonds is 3. The van der Waals surface area contributed by atoms with Gasteiger partial charge in [0.25, 0.3) is 5.91 Å². The zero-order valence-electron chi connectivity index (χ0n) is 16.1. The van der Waals surface area contributed by atoms with Crippen molar-refractivity contribution in [3.63, 3.8) is 0 Å². The van der Waals surface area contributed by atoms with Crippen molar-refractivity contribution < 1.29 is 13.2 Å². The fourth-order valence-electron chi connectivity index (χ4n) is 3.83. The zero-order valence-corrected chi connectivity index (χ0v) is 16.9. The standard InChI is InChI=1S/C20H22N4O3S/c1-13-17-15(19(25)22-20(2)9-10-28(26,27)12-20)11-16(14-7-5-4-6-8-14)21-18(17)24(3)23-13/h4-8,11H,9-10,12H2,1-3H3,(H,22,25). The minimum absolute atomic E-state index is 0.0441. The number of carbonyl (C=O) groups excluding carboxylic acids is 1. The topological polar surface area (TPSA) is 93.9 Å². The number of hydrogen-bond donors (Lipinski definition) is 1. The average Bonchev–Trinajstić information content (AvgIpc) is 3.09. The highest BCUT2D eigenvalue weighted by Crippen LogP contribution is 2.28. The van der Waals surface area contributed by atoms with Crippen molar-refractivity contribution in [1.29, 1.82) is 0 Å². The molecular formula is C20H22N4O3S. The lowest BCUT2D eigenvalue weighted by Gasteiger charge is -2.24. The van der Waals surface area contributed by atoms with E-state index in [0.29, 0.717) is 34.4 Å². The third kappa shape index (κ3) is 3.28. The minimum atomic E-state index is -3.12. The van der Waals surface area contributed by atoms with E-state index in [4.69, 9.17) is 4.98 Å². The fourth-order valence-corrected chi connectivity index (χ4v) is 5.92. The van der Waals surface area contributed by atoms with E-state index in [1.165, 1.54) is 0 Å². The number of benzene rings is 1. The van der Waals surface area contributed by atoms with E-state index in [1.54, 1.807) is 24.7 Å². The van der Waals surface area contributed by atoms with Crippen molar-refractivity contribution in [1.82, 2.24) is 20.1 Å². The molecule has 4 rings (SSSR count). The maximum atomic E-state index is 13.2. The largest absolute Gasteiger partial charge is 0.346 e. The van der Waals surface area contributed by atoms with Crippen LogP contribution < -0.4 is 5.32 Å². The van der Waals surface area contributed by atoms with Crippen molar-refractivity contribution in [3.05, 3.63) is 47.7 Å². The van der Waals surface area contributed by atoms with E-state index in [1.807, 2.05) is 37.3 Å². The highest BCUT2D eigenvalue weighted by molar-refractivity contribution is 7.91. The van der Waals surface area contributed by atoms with Gasteiger partial charge in [-0.3, -0.25) is 9.48 Å². The Morgan fingerprint density at radius 3 is 2.61 bits per heavy atom. The van der Waals surface area contributed by atoms with E-state index in [-0.39, 0.29) is 17.4 Å². The van der Waals surface area contributed by atoms with Crippen molar-refractivity contribution in [2.75, 3.05) is 11.5 Å². The Kier molecular flexibility index (Phi) is 4.26. The third-order valence-electron chi connectivity index (χ3n) is 5.20. The van der Waals surface area contributed by atoms with Crippen LogP contribution in [-0.2, 0) is 16.9 Å².